The molecule has 0 saturated carbocycles. The molecule has 0 fully saturated rings. The predicted molar refractivity (Wildman–Crippen MR) is 102 cm³/mol. The molecule has 0 spiro atoms. The summed E-state index contributed by atoms with van der Waals surface area (Å²) in [5.41, 5.74) is 2.87. The lowest BCUT2D eigenvalue weighted by Crippen LogP contribution is -2.32. The Morgan fingerprint density at radius 2 is 1.73 bits per heavy atom. The Bertz CT molecular complexity index is 747. The number of halogens is 1. The first-order chi connectivity index (χ1) is 12.5. The SMILES string of the molecule is COCc1ccccc1CNC(=O)CC(NC(C)=O)c1ccc(Cl)cc1. The molecular weight excluding hydrogens is 352 g/mol. The number of rotatable bonds is 8. The van der Waals surface area contributed by atoms with E-state index in [0.29, 0.717) is 18.2 Å². The zero-order valence-corrected chi connectivity index (χ0v) is 15.7. The van der Waals surface area contributed by atoms with E-state index in [2.05, 4.69) is 10.6 Å². The first-order valence-corrected chi connectivity index (χ1v) is 8.72. The van der Waals surface area contributed by atoms with Gasteiger partial charge in [0.25, 0.3) is 0 Å². The molecule has 2 amide bonds. The van der Waals surface area contributed by atoms with Gasteiger partial charge >= 0.3 is 0 Å². The van der Waals surface area contributed by atoms with Gasteiger partial charge in [-0.1, -0.05) is 48.0 Å². The Kier molecular flexibility index (Phi) is 7.63. The highest BCUT2D eigenvalue weighted by atomic mass is 35.5. The maximum Gasteiger partial charge on any atom is 0.222 e. The number of carbonyl (C=O) groups is 2. The molecule has 0 aliphatic rings. The molecule has 2 aromatic rings. The second-order valence-electron chi connectivity index (χ2n) is 5.99. The van der Waals surface area contributed by atoms with E-state index in [0.717, 1.165) is 16.7 Å². The molecule has 0 radical (unpaired) electrons. The van der Waals surface area contributed by atoms with E-state index in [1.54, 1.807) is 19.2 Å². The van der Waals surface area contributed by atoms with E-state index in [1.807, 2.05) is 36.4 Å². The molecule has 0 aromatic heterocycles. The quantitative estimate of drug-likeness (QED) is 0.744. The van der Waals surface area contributed by atoms with Crippen LogP contribution in [0.15, 0.2) is 48.5 Å². The summed E-state index contributed by atoms with van der Waals surface area (Å²) in [6.07, 6.45) is 0.146. The van der Waals surface area contributed by atoms with Gasteiger partial charge in [-0.15, -0.1) is 0 Å². The van der Waals surface area contributed by atoms with Crippen molar-refractivity contribution in [2.24, 2.45) is 0 Å². The zero-order chi connectivity index (χ0) is 18.9. The summed E-state index contributed by atoms with van der Waals surface area (Å²) in [6.45, 7) is 2.33. The van der Waals surface area contributed by atoms with E-state index in [1.165, 1.54) is 6.92 Å². The molecule has 0 heterocycles. The first kappa shape index (κ1) is 19.9. The molecule has 6 heteroatoms. The normalized spacial score (nSPS) is 11.7. The number of hydrogen-bond acceptors (Lipinski definition) is 3. The van der Waals surface area contributed by atoms with Gasteiger partial charge in [0, 0.05) is 25.6 Å². The number of amides is 2. The van der Waals surface area contributed by atoms with E-state index in [9.17, 15) is 9.59 Å². The predicted octanol–water partition coefficient (Wildman–Crippen LogP) is 3.37. The Morgan fingerprint density at radius 3 is 2.35 bits per heavy atom. The lowest BCUT2D eigenvalue weighted by atomic mass is 10.0. The average Bonchev–Trinajstić information content (AvgIpc) is 2.61. The van der Waals surface area contributed by atoms with Crippen molar-refractivity contribution < 1.29 is 14.3 Å². The number of ether oxygens (including phenoxy) is 1. The maximum atomic E-state index is 12.4. The van der Waals surface area contributed by atoms with Crippen LogP contribution in [0.3, 0.4) is 0 Å². The van der Waals surface area contributed by atoms with Gasteiger partial charge in [-0.05, 0) is 28.8 Å². The summed E-state index contributed by atoms with van der Waals surface area (Å²) in [6, 6.07) is 14.5. The van der Waals surface area contributed by atoms with Crippen LogP contribution >= 0.6 is 11.6 Å². The molecule has 1 atom stereocenters. The number of benzene rings is 2. The zero-order valence-electron chi connectivity index (χ0n) is 14.9. The van der Waals surface area contributed by atoms with Crippen LogP contribution in [0.2, 0.25) is 5.02 Å². The van der Waals surface area contributed by atoms with Gasteiger partial charge in [-0.3, -0.25) is 9.59 Å². The van der Waals surface area contributed by atoms with Crippen LogP contribution in [0.5, 0.6) is 0 Å². The van der Waals surface area contributed by atoms with Crippen LogP contribution in [0.25, 0.3) is 0 Å². The van der Waals surface area contributed by atoms with Gasteiger partial charge in [0.2, 0.25) is 11.8 Å². The van der Waals surface area contributed by atoms with Crippen molar-refractivity contribution in [3.05, 3.63) is 70.2 Å². The summed E-state index contributed by atoms with van der Waals surface area (Å²) >= 11 is 5.91. The monoisotopic (exact) mass is 374 g/mol. The van der Waals surface area contributed by atoms with Gasteiger partial charge in [-0.2, -0.15) is 0 Å². The van der Waals surface area contributed by atoms with Gasteiger partial charge in [0.15, 0.2) is 0 Å². The fourth-order valence-corrected chi connectivity index (χ4v) is 2.80. The van der Waals surface area contributed by atoms with Gasteiger partial charge in [0.1, 0.15) is 0 Å². The third kappa shape index (κ3) is 6.17. The lowest BCUT2D eigenvalue weighted by molar-refractivity contribution is -0.122. The molecule has 138 valence electrons. The third-order valence-corrected chi connectivity index (χ3v) is 4.19. The Labute approximate surface area is 158 Å². The summed E-state index contributed by atoms with van der Waals surface area (Å²) in [7, 11) is 1.64. The minimum Gasteiger partial charge on any atom is -0.380 e. The smallest absolute Gasteiger partial charge is 0.222 e. The van der Waals surface area contributed by atoms with Crippen molar-refractivity contribution in [1.82, 2.24) is 10.6 Å². The highest BCUT2D eigenvalue weighted by Gasteiger charge is 2.17. The van der Waals surface area contributed by atoms with Crippen molar-refractivity contribution in [2.45, 2.75) is 32.5 Å². The molecule has 0 aliphatic heterocycles. The van der Waals surface area contributed by atoms with Crippen molar-refractivity contribution in [3.8, 4) is 0 Å². The van der Waals surface area contributed by atoms with Crippen molar-refractivity contribution in [3.63, 3.8) is 0 Å². The second kappa shape index (κ2) is 9.94. The Hall–Kier alpha value is -2.37. The van der Waals surface area contributed by atoms with E-state index < -0.39 is 6.04 Å². The molecule has 26 heavy (non-hydrogen) atoms. The van der Waals surface area contributed by atoms with Crippen LogP contribution in [-0.4, -0.2) is 18.9 Å². The highest BCUT2D eigenvalue weighted by molar-refractivity contribution is 6.30. The number of hydrogen-bond donors (Lipinski definition) is 2. The van der Waals surface area contributed by atoms with E-state index in [4.69, 9.17) is 16.3 Å². The second-order valence-corrected chi connectivity index (χ2v) is 6.42. The average molecular weight is 375 g/mol. The van der Waals surface area contributed by atoms with Crippen LogP contribution in [-0.2, 0) is 27.5 Å². The van der Waals surface area contributed by atoms with Crippen molar-refractivity contribution >= 4 is 23.4 Å². The first-order valence-electron chi connectivity index (χ1n) is 8.34. The molecule has 0 saturated heterocycles. The molecule has 2 rings (SSSR count). The molecular formula is C20H23ClN2O3. The summed E-state index contributed by atoms with van der Waals surface area (Å²) in [5.74, 6) is -0.339. The van der Waals surface area contributed by atoms with Gasteiger partial charge in [-0.25, -0.2) is 0 Å². The van der Waals surface area contributed by atoms with Crippen LogP contribution in [0.1, 0.15) is 36.1 Å². The summed E-state index contributed by atoms with van der Waals surface area (Å²) in [4.78, 5) is 23.9. The molecule has 0 bridgehead atoms. The molecule has 2 N–H and O–H groups in total. The number of nitrogens with one attached hydrogen (secondary N) is 2. The summed E-state index contributed by atoms with van der Waals surface area (Å²) in [5, 5.41) is 6.33. The minimum absolute atomic E-state index is 0.146. The van der Waals surface area contributed by atoms with E-state index >= 15 is 0 Å². The van der Waals surface area contributed by atoms with Crippen LogP contribution in [0.4, 0.5) is 0 Å². The standard InChI is InChI=1S/C20H23ClN2O3/c1-14(24)23-19(15-7-9-18(21)10-8-15)11-20(25)22-12-16-5-3-4-6-17(16)13-26-2/h3-10,19H,11-13H2,1-2H3,(H,22,25)(H,23,24). The lowest BCUT2D eigenvalue weighted by Gasteiger charge is -2.18. The van der Waals surface area contributed by atoms with Crippen molar-refractivity contribution in [1.29, 1.82) is 0 Å². The summed E-state index contributed by atoms with van der Waals surface area (Å²) < 4.78 is 5.18. The van der Waals surface area contributed by atoms with Gasteiger partial charge in [0.05, 0.1) is 19.1 Å². The van der Waals surface area contributed by atoms with Crippen LogP contribution in [0, 0.1) is 0 Å². The third-order valence-electron chi connectivity index (χ3n) is 3.93. The molecule has 1 unspecified atom stereocenters. The Morgan fingerprint density at radius 1 is 1.08 bits per heavy atom. The molecule has 2 aromatic carbocycles. The topological polar surface area (TPSA) is 67.4 Å². The van der Waals surface area contributed by atoms with Gasteiger partial charge < -0.3 is 15.4 Å². The maximum absolute atomic E-state index is 12.4. The molecule has 0 aliphatic carbocycles. The fourth-order valence-electron chi connectivity index (χ4n) is 2.67. The van der Waals surface area contributed by atoms with Crippen LogP contribution < -0.4 is 10.6 Å². The Balaban J connectivity index is 2.01. The molecule has 5 nitrogen and oxygen atoms in total. The van der Waals surface area contributed by atoms with E-state index in [-0.39, 0.29) is 18.2 Å². The number of methoxy groups -OCH3 is 1. The largest absolute Gasteiger partial charge is 0.380 e. The van der Waals surface area contributed by atoms with Crippen molar-refractivity contribution in [2.75, 3.05) is 7.11 Å². The fraction of sp³-hybridized carbons (Fsp3) is 0.300. The number of carbonyl (C=O) groups excluding carboxylic acids is 2. The minimum atomic E-state index is -0.404. The highest BCUT2D eigenvalue weighted by Crippen LogP contribution is 2.19.